The average molecular weight is 474 g/mol. The monoisotopic (exact) mass is 473 g/mol. The maximum atomic E-state index is 14.4. The van der Waals surface area contributed by atoms with Gasteiger partial charge < -0.3 is 9.67 Å². The molecule has 36 heavy (non-hydrogen) atoms. The van der Waals surface area contributed by atoms with Gasteiger partial charge in [0, 0.05) is 6.20 Å². The predicted molar refractivity (Wildman–Crippen MR) is 137 cm³/mol. The van der Waals surface area contributed by atoms with Crippen LogP contribution in [0.25, 0.3) is 0 Å². The first-order valence-corrected chi connectivity index (χ1v) is 11.6. The fourth-order valence-electron chi connectivity index (χ4n) is 4.80. The Bertz CT molecular complexity index is 1420. The minimum absolute atomic E-state index is 0.0728. The van der Waals surface area contributed by atoms with E-state index in [9.17, 15) is 9.50 Å². The lowest BCUT2D eigenvalue weighted by atomic mass is 9.76. The Morgan fingerprint density at radius 3 is 1.72 bits per heavy atom. The zero-order valence-corrected chi connectivity index (χ0v) is 19.7. The number of halogens is 1. The zero-order valence-electron chi connectivity index (χ0n) is 19.7. The van der Waals surface area contributed by atoms with Crippen LogP contribution in [0.15, 0.2) is 122 Å². The van der Waals surface area contributed by atoms with Crippen LogP contribution in [0.2, 0.25) is 0 Å². The highest BCUT2D eigenvalue weighted by Gasteiger charge is 2.40. The molecule has 176 valence electrons. The van der Waals surface area contributed by atoms with E-state index in [1.165, 1.54) is 12.1 Å². The molecule has 0 amide bonds. The summed E-state index contributed by atoms with van der Waals surface area (Å²) in [5.74, 6) is -0.679. The molecule has 5 aromatic rings. The van der Waals surface area contributed by atoms with E-state index in [2.05, 4.69) is 41.4 Å². The SMILES string of the molecule is CC(O)(c1ccc(C#N)c(F)c1)c1cn(C(c2ccccc2)(c2ccccc2)c2ccccc2)cn1. The summed E-state index contributed by atoms with van der Waals surface area (Å²) in [6.45, 7) is 1.58. The largest absolute Gasteiger partial charge is 0.379 e. The summed E-state index contributed by atoms with van der Waals surface area (Å²) in [4.78, 5) is 4.60. The lowest BCUT2D eigenvalue weighted by Gasteiger charge is -2.37. The summed E-state index contributed by atoms with van der Waals surface area (Å²) in [6, 6.07) is 36.4. The quantitative estimate of drug-likeness (QED) is 0.308. The number of aliphatic hydroxyl groups is 1. The van der Waals surface area contributed by atoms with Crippen molar-refractivity contribution in [2.24, 2.45) is 0 Å². The summed E-state index contributed by atoms with van der Waals surface area (Å²) in [7, 11) is 0. The second-order valence-electron chi connectivity index (χ2n) is 8.85. The van der Waals surface area contributed by atoms with Gasteiger partial charge in [-0.05, 0) is 41.3 Å². The molecule has 0 spiro atoms. The second-order valence-corrected chi connectivity index (χ2v) is 8.85. The Kier molecular flexibility index (Phi) is 5.97. The highest BCUT2D eigenvalue weighted by molar-refractivity contribution is 5.51. The van der Waals surface area contributed by atoms with Gasteiger partial charge in [-0.15, -0.1) is 0 Å². The molecule has 4 nitrogen and oxygen atoms in total. The van der Waals surface area contributed by atoms with E-state index in [0.717, 1.165) is 16.7 Å². The van der Waals surface area contributed by atoms with Gasteiger partial charge in [0.05, 0.1) is 17.6 Å². The van der Waals surface area contributed by atoms with Crippen molar-refractivity contribution < 1.29 is 9.50 Å². The molecule has 0 aliphatic carbocycles. The molecule has 0 aliphatic heterocycles. The van der Waals surface area contributed by atoms with Crippen LogP contribution in [0.5, 0.6) is 0 Å². The number of hydrogen-bond donors (Lipinski definition) is 1. The summed E-state index contributed by atoms with van der Waals surface area (Å²) >= 11 is 0. The van der Waals surface area contributed by atoms with E-state index < -0.39 is 17.0 Å². The first-order chi connectivity index (χ1) is 17.5. The highest BCUT2D eigenvalue weighted by atomic mass is 19.1. The van der Waals surface area contributed by atoms with Crippen LogP contribution < -0.4 is 0 Å². The van der Waals surface area contributed by atoms with Crippen LogP contribution in [0.4, 0.5) is 4.39 Å². The van der Waals surface area contributed by atoms with Crippen molar-refractivity contribution in [3.63, 3.8) is 0 Å². The van der Waals surface area contributed by atoms with Gasteiger partial charge in [-0.3, -0.25) is 0 Å². The first-order valence-electron chi connectivity index (χ1n) is 11.6. The van der Waals surface area contributed by atoms with Gasteiger partial charge >= 0.3 is 0 Å². The van der Waals surface area contributed by atoms with Gasteiger partial charge in [-0.1, -0.05) is 97.1 Å². The van der Waals surface area contributed by atoms with Gasteiger partial charge in [0.15, 0.2) is 0 Å². The molecule has 1 N–H and O–H groups in total. The molecular formula is C31H24FN3O. The molecule has 4 aromatic carbocycles. The second kappa shape index (κ2) is 9.26. The van der Waals surface area contributed by atoms with Gasteiger partial charge in [-0.25, -0.2) is 9.37 Å². The van der Waals surface area contributed by atoms with Gasteiger partial charge in [0.1, 0.15) is 23.0 Å². The summed E-state index contributed by atoms with van der Waals surface area (Å²) in [6.07, 6.45) is 3.51. The lowest BCUT2D eigenvalue weighted by Crippen LogP contribution is -2.37. The van der Waals surface area contributed by atoms with Crippen LogP contribution in [0.1, 0.15) is 40.4 Å². The molecule has 0 saturated heterocycles. The van der Waals surface area contributed by atoms with E-state index in [1.807, 2.05) is 71.4 Å². The molecule has 0 bridgehead atoms. The van der Waals surface area contributed by atoms with Crippen LogP contribution in [-0.2, 0) is 11.1 Å². The summed E-state index contributed by atoms with van der Waals surface area (Å²) in [5.41, 5.74) is 1.31. The third kappa shape index (κ3) is 3.78. The van der Waals surface area contributed by atoms with Gasteiger partial charge in [0.25, 0.3) is 0 Å². The summed E-state index contributed by atoms with van der Waals surface area (Å²) in [5, 5.41) is 20.6. The first kappa shape index (κ1) is 23.2. The highest BCUT2D eigenvalue weighted by Crippen LogP contribution is 2.41. The van der Waals surface area contributed by atoms with Crippen molar-refractivity contribution in [3.05, 3.63) is 161 Å². The molecule has 0 saturated carbocycles. The number of hydrogen-bond acceptors (Lipinski definition) is 3. The third-order valence-corrected chi connectivity index (χ3v) is 6.69. The molecule has 0 radical (unpaired) electrons. The standard InChI is InChI=1S/C31H24FN3O/c1-30(36,27-18-17-23(20-33)28(32)19-27)29-21-35(22-34-29)31(24-11-5-2-6-12-24,25-13-7-3-8-14-25)26-15-9-4-10-16-26/h2-19,21-22,36H,1H3. The van der Waals surface area contributed by atoms with Crippen molar-refractivity contribution in [1.29, 1.82) is 5.26 Å². The maximum Gasteiger partial charge on any atom is 0.141 e. The molecule has 1 aromatic heterocycles. The van der Waals surface area contributed by atoms with E-state index in [-0.39, 0.29) is 5.56 Å². The average Bonchev–Trinajstić information content (AvgIpc) is 3.42. The predicted octanol–water partition coefficient (Wildman–Crippen LogP) is 5.99. The molecule has 1 atom stereocenters. The Morgan fingerprint density at radius 1 is 0.778 bits per heavy atom. The number of nitriles is 1. The van der Waals surface area contributed by atoms with Crippen molar-refractivity contribution in [3.8, 4) is 6.07 Å². The van der Waals surface area contributed by atoms with Crippen LogP contribution in [0.3, 0.4) is 0 Å². The van der Waals surface area contributed by atoms with Crippen molar-refractivity contribution >= 4 is 0 Å². The molecule has 5 rings (SSSR count). The topological polar surface area (TPSA) is 61.8 Å². The van der Waals surface area contributed by atoms with Crippen molar-refractivity contribution in [1.82, 2.24) is 9.55 Å². The molecule has 0 aliphatic rings. The molecule has 1 unspecified atom stereocenters. The third-order valence-electron chi connectivity index (χ3n) is 6.69. The van der Waals surface area contributed by atoms with E-state index >= 15 is 0 Å². The smallest absolute Gasteiger partial charge is 0.141 e. The van der Waals surface area contributed by atoms with Crippen LogP contribution >= 0.6 is 0 Å². The van der Waals surface area contributed by atoms with E-state index in [4.69, 9.17) is 5.26 Å². The number of rotatable bonds is 6. The lowest BCUT2D eigenvalue weighted by molar-refractivity contribution is 0.0973. The van der Waals surface area contributed by atoms with Crippen LogP contribution in [-0.4, -0.2) is 14.7 Å². The number of benzene rings is 4. The number of imidazole rings is 1. The molecule has 0 fully saturated rings. The maximum absolute atomic E-state index is 14.4. The van der Waals surface area contributed by atoms with Gasteiger partial charge in [0.2, 0.25) is 0 Å². The molecular weight excluding hydrogens is 449 g/mol. The minimum Gasteiger partial charge on any atom is -0.379 e. The normalized spacial score (nSPS) is 13.1. The van der Waals surface area contributed by atoms with Crippen molar-refractivity contribution in [2.45, 2.75) is 18.1 Å². The minimum atomic E-state index is -1.59. The van der Waals surface area contributed by atoms with E-state index in [1.54, 1.807) is 19.3 Å². The summed E-state index contributed by atoms with van der Waals surface area (Å²) < 4.78 is 16.4. The van der Waals surface area contributed by atoms with Crippen molar-refractivity contribution in [2.75, 3.05) is 0 Å². The molecule has 5 heteroatoms. The fourth-order valence-corrected chi connectivity index (χ4v) is 4.80. The Labute approximate surface area is 209 Å². The number of aromatic nitrogens is 2. The van der Waals surface area contributed by atoms with Gasteiger partial charge in [-0.2, -0.15) is 5.26 Å². The fraction of sp³-hybridized carbons (Fsp3) is 0.0968. The Hall–Kier alpha value is -4.53. The Balaban J connectivity index is 1.74. The molecule has 1 heterocycles. The zero-order chi connectivity index (χ0) is 25.2. The van der Waals surface area contributed by atoms with E-state index in [0.29, 0.717) is 11.3 Å². The Morgan fingerprint density at radius 2 is 1.28 bits per heavy atom. The van der Waals surface area contributed by atoms with Crippen LogP contribution in [0, 0.1) is 17.1 Å². The number of nitrogens with zero attached hydrogens (tertiary/aromatic N) is 3.